The Morgan fingerprint density at radius 3 is 2.74 bits per heavy atom. The van der Waals surface area contributed by atoms with Gasteiger partial charge in [-0.2, -0.15) is 5.26 Å². The summed E-state index contributed by atoms with van der Waals surface area (Å²) in [5.41, 5.74) is 1.17. The molecule has 0 fully saturated rings. The number of carbonyl (C=O) groups excluding carboxylic acids is 2. The van der Waals surface area contributed by atoms with E-state index in [0.717, 1.165) is 11.8 Å². The minimum atomic E-state index is -0.858. The molecule has 0 aliphatic carbocycles. The first kappa shape index (κ1) is 24.0. The summed E-state index contributed by atoms with van der Waals surface area (Å²) in [6, 6.07) is 6.81. The average molecular weight is 445 g/mol. The van der Waals surface area contributed by atoms with Crippen LogP contribution in [0.3, 0.4) is 0 Å². The third-order valence-electron chi connectivity index (χ3n) is 4.48. The lowest BCUT2D eigenvalue weighted by Gasteiger charge is -2.30. The molecule has 2 atom stereocenters. The van der Waals surface area contributed by atoms with Crippen LogP contribution in [0.15, 0.2) is 47.1 Å². The average Bonchev–Trinajstić information content (AvgIpc) is 2.76. The Morgan fingerprint density at radius 2 is 2.13 bits per heavy atom. The number of phenols is 1. The first-order valence-electron chi connectivity index (χ1n) is 9.50. The molecule has 0 amide bonds. The predicted octanol–water partition coefficient (Wildman–Crippen LogP) is 3.34. The number of aromatic hydroxyl groups is 1. The van der Waals surface area contributed by atoms with Crippen LogP contribution in [0.4, 0.5) is 0 Å². The monoisotopic (exact) mass is 444 g/mol. The van der Waals surface area contributed by atoms with Crippen LogP contribution in [-0.4, -0.2) is 48.2 Å². The summed E-state index contributed by atoms with van der Waals surface area (Å²) >= 11 is 1.09. The normalized spacial score (nSPS) is 17.9. The highest BCUT2D eigenvalue weighted by atomic mass is 32.2. The highest BCUT2D eigenvalue weighted by Gasteiger charge is 2.40. The van der Waals surface area contributed by atoms with E-state index in [-0.39, 0.29) is 36.0 Å². The minimum Gasteiger partial charge on any atom is -0.504 e. The zero-order valence-electron chi connectivity index (χ0n) is 17.6. The maximum absolute atomic E-state index is 12.8. The topological polar surface area (TPSA) is 118 Å². The van der Waals surface area contributed by atoms with Crippen molar-refractivity contribution < 1.29 is 28.9 Å². The zero-order valence-corrected chi connectivity index (χ0v) is 18.4. The molecular formula is C22H24N2O6S. The van der Waals surface area contributed by atoms with Gasteiger partial charge in [0.1, 0.15) is 12.5 Å². The predicted molar refractivity (Wildman–Crippen MR) is 117 cm³/mol. The molecule has 0 saturated heterocycles. The molecule has 0 radical (unpaired) electrons. The van der Waals surface area contributed by atoms with Crippen molar-refractivity contribution in [2.75, 3.05) is 26.1 Å². The second-order valence-corrected chi connectivity index (χ2v) is 7.44. The van der Waals surface area contributed by atoms with Gasteiger partial charge in [-0.25, -0.2) is 9.79 Å². The number of thioether (sulfide) groups is 1. The van der Waals surface area contributed by atoms with Gasteiger partial charge >= 0.3 is 11.9 Å². The second-order valence-electron chi connectivity index (χ2n) is 6.45. The summed E-state index contributed by atoms with van der Waals surface area (Å²) in [5.74, 6) is -2.52. The first-order valence-corrected chi connectivity index (χ1v) is 10.5. The van der Waals surface area contributed by atoms with Gasteiger partial charge in [0.05, 0.1) is 36.2 Å². The number of hydrogen-bond donors (Lipinski definition) is 1. The number of esters is 2. The molecule has 1 aromatic carbocycles. The maximum Gasteiger partial charge on any atom is 0.336 e. The Morgan fingerprint density at radius 1 is 1.39 bits per heavy atom. The van der Waals surface area contributed by atoms with E-state index >= 15 is 0 Å². The lowest BCUT2D eigenvalue weighted by atomic mass is 9.79. The zero-order chi connectivity index (χ0) is 23.0. The van der Waals surface area contributed by atoms with Gasteiger partial charge in [0.2, 0.25) is 0 Å². The van der Waals surface area contributed by atoms with Crippen LogP contribution >= 0.6 is 11.8 Å². The smallest absolute Gasteiger partial charge is 0.336 e. The molecule has 31 heavy (non-hydrogen) atoms. The Bertz CT molecular complexity index is 963. The van der Waals surface area contributed by atoms with E-state index in [1.54, 1.807) is 26.0 Å². The number of nitrogens with zero attached hydrogens (tertiary/aromatic N) is 2. The maximum atomic E-state index is 12.8. The van der Waals surface area contributed by atoms with Gasteiger partial charge in [0, 0.05) is 11.6 Å². The summed E-state index contributed by atoms with van der Waals surface area (Å²) < 4.78 is 15.4. The van der Waals surface area contributed by atoms with Crippen LogP contribution in [-0.2, 0) is 19.1 Å². The molecule has 164 valence electrons. The Balaban J connectivity index is 2.55. The number of hydrogen-bond acceptors (Lipinski definition) is 9. The minimum absolute atomic E-state index is 0.00658. The SMILES string of the molecule is C=CCOC(=O)C1=C(C)N=C(SCC(=O)OCC)C(C#N)[C@H]1c1ccc(O)c(OC)c1. The van der Waals surface area contributed by atoms with Crippen molar-refractivity contribution in [3.05, 3.63) is 47.7 Å². The van der Waals surface area contributed by atoms with Crippen molar-refractivity contribution in [3.8, 4) is 17.6 Å². The Labute approximate surface area is 185 Å². The van der Waals surface area contributed by atoms with Gasteiger partial charge in [-0.05, 0) is 31.5 Å². The summed E-state index contributed by atoms with van der Waals surface area (Å²) in [6.45, 7) is 7.15. The van der Waals surface area contributed by atoms with Crippen molar-refractivity contribution in [1.29, 1.82) is 5.26 Å². The Kier molecular flexibility index (Phi) is 8.70. The molecule has 1 aliphatic rings. The standard InChI is InChI=1S/C22H24N2O6S/c1-5-9-30-22(27)19-13(3)24-21(31-12-18(26)29-6-2)15(11-23)20(19)14-7-8-16(25)17(10-14)28-4/h5,7-8,10,15,20,25H,1,6,9,12H2,2-4H3/t15?,20-/m1/s1. The van der Waals surface area contributed by atoms with Crippen molar-refractivity contribution in [1.82, 2.24) is 0 Å². The third-order valence-corrected chi connectivity index (χ3v) is 5.50. The molecule has 8 nitrogen and oxygen atoms in total. The van der Waals surface area contributed by atoms with Crippen molar-refractivity contribution in [3.63, 3.8) is 0 Å². The fourth-order valence-corrected chi connectivity index (χ4v) is 4.07. The van der Waals surface area contributed by atoms with E-state index in [1.165, 1.54) is 19.3 Å². The summed E-state index contributed by atoms with van der Waals surface area (Å²) in [5, 5.41) is 20.3. The highest BCUT2D eigenvalue weighted by molar-refractivity contribution is 8.14. The van der Waals surface area contributed by atoms with Crippen LogP contribution in [0.2, 0.25) is 0 Å². The van der Waals surface area contributed by atoms with Crippen LogP contribution in [0.1, 0.15) is 25.3 Å². The summed E-state index contributed by atoms with van der Waals surface area (Å²) in [7, 11) is 1.41. The van der Waals surface area contributed by atoms with Crippen LogP contribution in [0.25, 0.3) is 0 Å². The lowest BCUT2D eigenvalue weighted by molar-refractivity contribution is -0.140. The van der Waals surface area contributed by atoms with E-state index in [9.17, 15) is 20.0 Å². The molecule has 0 aromatic heterocycles. The number of benzene rings is 1. The van der Waals surface area contributed by atoms with Crippen molar-refractivity contribution in [2.45, 2.75) is 19.8 Å². The van der Waals surface area contributed by atoms with E-state index in [1.807, 2.05) is 0 Å². The van der Waals surface area contributed by atoms with Gasteiger partial charge < -0.3 is 19.3 Å². The summed E-state index contributed by atoms with van der Waals surface area (Å²) in [6.07, 6.45) is 1.45. The van der Waals surface area contributed by atoms with Gasteiger partial charge in [-0.3, -0.25) is 4.79 Å². The number of carbonyl (C=O) groups is 2. The second kappa shape index (κ2) is 11.2. The van der Waals surface area contributed by atoms with E-state index in [0.29, 0.717) is 16.3 Å². The molecular weight excluding hydrogens is 420 g/mol. The quantitative estimate of drug-likeness (QED) is 0.479. The van der Waals surface area contributed by atoms with Gasteiger partial charge in [0.25, 0.3) is 0 Å². The fourth-order valence-electron chi connectivity index (χ4n) is 3.15. The molecule has 1 aliphatic heterocycles. The number of phenolic OH excluding ortho intramolecular Hbond substituents is 1. The number of ether oxygens (including phenoxy) is 3. The molecule has 0 spiro atoms. The van der Waals surface area contributed by atoms with Crippen molar-refractivity contribution in [2.24, 2.45) is 10.9 Å². The molecule has 1 aromatic rings. The van der Waals surface area contributed by atoms with Crippen LogP contribution in [0.5, 0.6) is 11.5 Å². The van der Waals surface area contributed by atoms with Crippen molar-refractivity contribution >= 4 is 28.7 Å². The molecule has 9 heteroatoms. The largest absolute Gasteiger partial charge is 0.504 e. The number of methoxy groups -OCH3 is 1. The van der Waals surface area contributed by atoms with E-state index in [2.05, 4.69) is 17.6 Å². The number of nitriles is 1. The van der Waals surface area contributed by atoms with Crippen LogP contribution < -0.4 is 4.74 Å². The number of allylic oxidation sites excluding steroid dienone is 1. The van der Waals surface area contributed by atoms with Gasteiger partial charge in [-0.1, -0.05) is 30.5 Å². The fraction of sp³-hybridized carbons (Fsp3) is 0.364. The number of rotatable bonds is 8. The molecule has 0 bridgehead atoms. The van der Waals surface area contributed by atoms with Gasteiger partial charge in [0.15, 0.2) is 11.5 Å². The van der Waals surface area contributed by atoms with Crippen LogP contribution in [0, 0.1) is 17.2 Å². The third kappa shape index (κ3) is 5.67. The molecule has 2 rings (SSSR count). The van der Waals surface area contributed by atoms with E-state index < -0.39 is 23.8 Å². The molecule has 1 N–H and O–H groups in total. The number of aliphatic imine (C=N–C) groups is 1. The highest BCUT2D eigenvalue weighted by Crippen LogP contribution is 2.43. The summed E-state index contributed by atoms with van der Waals surface area (Å²) in [4.78, 5) is 29.1. The lowest BCUT2D eigenvalue weighted by Crippen LogP contribution is -2.30. The molecule has 0 saturated carbocycles. The van der Waals surface area contributed by atoms with Gasteiger partial charge in [-0.15, -0.1) is 0 Å². The van der Waals surface area contributed by atoms with E-state index in [4.69, 9.17) is 14.2 Å². The molecule has 1 heterocycles. The first-order chi connectivity index (χ1) is 14.9. The Hall–Kier alpha value is -3.25. The molecule has 1 unspecified atom stereocenters.